The summed E-state index contributed by atoms with van der Waals surface area (Å²) in [5.74, 6) is -2.40. The molecule has 0 bridgehead atoms. The molecule has 1 aliphatic rings. The zero-order valence-corrected chi connectivity index (χ0v) is 15.3. The van der Waals surface area contributed by atoms with E-state index in [1.165, 1.54) is 11.3 Å². The van der Waals surface area contributed by atoms with E-state index in [9.17, 15) is 13.9 Å². The van der Waals surface area contributed by atoms with E-state index in [4.69, 9.17) is 9.40 Å². The molecule has 5 rings (SSSR count). The normalized spacial score (nSPS) is 18.1. The maximum Gasteiger partial charge on any atom is 0.248 e. The Morgan fingerprint density at radius 3 is 2.78 bits per heavy atom. The van der Waals surface area contributed by atoms with Crippen molar-refractivity contribution in [1.29, 1.82) is 0 Å². The molecular formula is C20H16F2N2O2S. The first-order valence-corrected chi connectivity index (χ1v) is 9.54. The lowest BCUT2D eigenvalue weighted by Crippen LogP contribution is -2.38. The van der Waals surface area contributed by atoms with Crippen LogP contribution < -0.4 is 0 Å². The van der Waals surface area contributed by atoms with Crippen molar-refractivity contribution in [3.8, 4) is 11.3 Å². The fourth-order valence-corrected chi connectivity index (χ4v) is 4.72. The van der Waals surface area contributed by atoms with Gasteiger partial charge in [-0.1, -0.05) is 0 Å². The number of nitrogens with zero attached hydrogens (tertiary/aromatic N) is 2. The second kappa shape index (κ2) is 5.81. The Morgan fingerprint density at radius 1 is 1.19 bits per heavy atom. The Bertz CT molecular complexity index is 1160. The van der Waals surface area contributed by atoms with Crippen LogP contribution in [0.2, 0.25) is 0 Å². The highest BCUT2D eigenvalue weighted by Gasteiger charge is 2.48. The molecule has 0 radical (unpaired) electrons. The molecule has 3 heterocycles. The fraction of sp³-hybridized carbons (Fsp3) is 0.300. The van der Waals surface area contributed by atoms with Crippen LogP contribution in [0.15, 0.2) is 40.8 Å². The lowest BCUT2D eigenvalue weighted by Gasteiger charge is -2.37. The van der Waals surface area contributed by atoms with Crippen molar-refractivity contribution < 1.29 is 18.3 Å². The molecule has 0 unspecified atom stereocenters. The van der Waals surface area contributed by atoms with Crippen molar-refractivity contribution in [1.82, 2.24) is 9.97 Å². The number of halogens is 2. The highest BCUT2D eigenvalue weighted by Crippen LogP contribution is 2.49. The summed E-state index contributed by atoms with van der Waals surface area (Å²) < 4.78 is 31.7. The monoisotopic (exact) mass is 386 g/mol. The van der Waals surface area contributed by atoms with Gasteiger partial charge in [0.15, 0.2) is 11.5 Å². The van der Waals surface area contributed by atoms with E-state index in [1.54, 1.807) is 6.92 Å². The molecule has 27 heavy (non-hydrogen) atoms. The largest absolute Gasteiger partial charge is 0.441 e. The number of pyridine rings is 1. The molecule has 1 aliphatic carbocycles. The van der Waals surface area contributed by atoms with Gasteiger partial charge in [-0.15, -0.1) is 11.3 Å². The van der Waals surface area contributed by atoms with E-state index in [0.29, 0.717) is 10.8 Å². The van der Waals surface area contributed by atoms with Gasteiger partial charge in [0.2, 0.25) is 5.92 Å². The smallest absolute Gasteiger partial charge is 0.248 e. The van der Waals surface area contributed by atoms with Crippen molar-refractivity contribution >= 4 is 32.7 Å². The molecule has 1 fully saturated rings. The van der Waals surface area contributed by atoms with Gasteiger partial charge in [0.05, 0.1) is 11.8 Å². The van der Waals surface area contributed by atoms with Gasteiger partial charge in [0.25, 0.3) is 0 Å². The van der Waals surface area contributed by atoms with E-state index >= 15 is 0 Å². The summed E-state index contributed by atoms with van der Waals surface area (Å²) in [6.45, 7) is 1.81. The molecule has 1 saturated carbocycles. The third-order valence-corrected chi connectivity index (χ3v) is 6.17. The van der Waals surface area contributed by atoms with E-state index < -0.39 is 12.0 Å². The van der Waals surface area contributed by atoms with E-state index in [-0.39, 0.29) is 18.8 Å². The number of rotatable bonds is 3. The number of hydrogen-bond donors (Lipinski definition) is 1. The van der Waals surface area contributed by atoms with Gasteiger partial charge in [-0.3, -0.25) is 0 Å². The summed E-state index contributed by atoms with van der Waals surface area (Å²) in [5.41, 5.74) is 3.23. The van der Waals surface area contributed by atoms with Crippen molar-refractivity contribution in [2.75, 3.05) is 0 Å². The fourth-order valence-electron chi connectivity index (χ4n) is 3.61. The van der Waals surface area contributed by atoms with Crippen LogP contribution in [0.1, 0.15) is 29.7 Å². The predicted octanol–water partition coefficient (Wildman–Crippen LogP) is 5.49. The third-order valence-electron chi connectivity index (χ3n) is 5.05. The lowest BCUT2D eigenvalue weighted by molar-refractivity contribution is -0.141. The van der Waals surface area contributed by atoms with Crippen LogP contribution in [0.25, 0.3) is 32.6 Å². The van der Waals surface area contributed by atoms with Gasteiger partial charge in [-0.2, -0.15) is 0 Å². The molecule has 1 N–H and O–H groups in total. The van der Waals surface area contributed by atoms with Gasteiger partial charge < -0.3 is 9.52 Å². The molecule has 4 aromatic rings. The summed E-state index contributed by atoms with van der Waals surface area (Å²) in [6, 6.07) is 11.4. The van der Waals surface area contributed by atoms with Gasteiger partial charge in [0.1, 0.15) is 10.3 Å². The number of aliphatic hydroxyl groups is 1. The average Bonchev–Trinajstić information content (AvgIpc) is 3.19. The standard InChI is InChI=1S/C20H16F2N2O2S/c1-10-23-15-6-11(3-5-16(15)26-10)14-4-2-12-7-17(27-19(12)24-14)18(25)13-8-20(21,22)9-13/h2-7,13,18,25H,8-9H2,1H3/t18-/m0/s1. The summed E-state index contributed by atoms with van der Waals surface area (Å²) in [5, 5.41) is 11.3. The zero-order chi connectivity index (χ0) is 18.8. The molecule has 1 atom stereocenters. The Balaban J connectivity index is 1.47. The van der Waals surface area contributed by atoms with Crippen LogP contribution in [0.3, 0.4) is 0 Å². The Labute approximate surface area is 157 Å². The highest BCUT2D eigenvalue weighted by atomic mass is 32.1. The predicted molar refractivity (Wildman–Crippen MR) is 100.0 cm³/mol. The van der Waals surface area contributed by atoms with Crippen LogP contribution in [0, 0.1) is 12.8 Å². The molecule has 4 nitrogen and oxygen atoms in total. The minimum absolute atomic E-state index is 0.252. The first-order chi connectivity index (χ1) is 12.9. The van der Waals surface area contributed by atoms with Crippen LogP contribution in [0.5, 0.6) is 0 Å². The number of fused-ring (bicyclic) bond motifs is 2. The molecule has 7 heteroatoms. The number of thiophene rings is 1. The van der Waals surface area contributed by atoms with Crippen molar-refractivity contribution in [3.05, 3.63) is 47.2 Å². The summed E-state index contributed by atoms with van der Waals surface area (Å²) in [4.78, 5) is 10.5. The third kappa shape index (κ3) is 2.91. The van der Waals surface area contributed by atoms with Crippen LogP contribution in [-0.4, -0.2) is 21.0 Å². The van der Waals surface area contributed by atoms with Crippen molar-refractivity contribution in [2.24, 2.45) is 5.92 Å². The zero-order valence-electron chi connectivity index (χ0n) is 14.4. The lowest BCUT2D eigenvalue weighted by atomic mass is 9.77. The molecule has 1 aromatic carbocycles. The summed E-state index contributed by atoms with van der Waals surface area (Å²) >= 11 is 1.36. The molecule has 0 spiro atoms. The first-order valence-electron chi connectivity index (χ1n) is 8.72. The minimum atomic E-state index is -2.63. The van der Waals surface area contributed by atoms with Crippen LogP contribution in [-0.2, 0) is 0 Å². The summed E-state index contributed by atoms with van der Waals surface area (Å²) in [6.07, 6.45) is -1.36. The van der Waals surface area contributed by atoms with Crippen LogP contribution in [0.4, 0.5) is 8.78 Å². The van der Waals surface area contributed by atoms with Gasteiger partial charge in [0, 0.05) is 41.5 Å². The number of alkyl halides is 2. The van der Waals surface area contributed by atoms with E-state index in [2.05, 4.69) is 4.98 Å². The molecule has 3 aromatic heterocycles. The molecular weight excluding hydrogens is 370 g/mol. The molecule has 0 aliphatic heterocycles. The van der Waals surface area contributed by atoms with Gasteiger partial charge in [-0.25, -0.2) is 18.7 Å². The number of hydrogen-bond acceptors (Lipinski definition) is 5. The van der Waals surface area contributed by atoms with Gasteiger partial charge >= 0.3 is 0 Å². The number of oxazole rings is 1. The quantitative estimate of drug-likeness (QED) is 0.506. The SMILES string of the molecule is Cc1nc2cc(-c3ccc4cc([C@@H](O)C5CC(F)(F)C5)sc4n3)ccc2o1. The summed E-state index contributed by atoms with van der Waals surface area (Å²) in [7, 11) is 0. The molecule has 138 valence electrons. The average molecular weight is 386 g/mol. The van der Waals surface area contributed by atoms with Gasteiger partial charge in [-0.05, 0) is 36.4 Å². The van der Waals surface area contributed by atoms with E-state index in [1.807, 2.05) is 36.4 Å². The molecule has 0 saturated heterocycles. The second-order valence-corrected chi connectivity index (χ2v) is 8.19. The maximum absolute atomic E-state index is 13.1. The van der Waals surface area contributed by atoms with Crippen molar-refractivity contribution in [2.45, 2.75) is 31.8 Å². The second-order valence-electron chi connectivity index (χ2n) is 7.12. The topological polar surface area (TPSA) is 59.2 Å². The van der Waals surface area contributed by atoms with Crippen LogP contribution >= 0.6 is 11.3 Å². The number of benzene rings is 1. The highest BCUT2D eigenvalue weighted by molar-refractivity contribution is 7.18. The Morgan fingerprint density at radius 2 is 2.00 bits per heavy atom. The molecule has 0 amide bonds. The maximum atomic E-state index is 13.1. The number of aryl methyl sites for hydroxylation is 1. The van der Waals surface area contributed by atoms with Crippen molar-refractivity contribution in [3.63, 3.8) is 0 Å². The number of aliphatic hydroxyl groups excluding tert-OH is 1. The first kappa shape index (κ1) is 16.8. The van der Waals surface area contributed by atoms with E-state index in [0.717, 1.165) is 32.6 Å². The number of aromatic nitrogens is 2. The Kier molecular flexibility index (Phi) is 3.61. The Hall–Kier alpha value is -2.38. The minimum Gasteiger partial charge on any atom is -0.441 e.